The molecule has 0 atom stereocenters. The molecule has 3 rings (SSSR count). The van der Waals surface area contributed by atoms with E-state index in [1.165, 1.54) is 7.11 Å². The zero-order chi connectivity index (χ0) is 20.3. The number of rotatable bonds is 4. The number of thioether (sulfide) groups is 1. The first kappa shape index (κ1) is 19.3. The van der Waals surface area contributed by atoms with Gasteiger partial charge in [-0.2, -0.15) is 5.10 Å². The summed E-state index contributed by atoms with van der Waals surface area (Å²) in [4.78, 5) is 47.6. The zero-order valence-corrected chi connectivity index (χ0v) is 15.7. The van der Waals surface area contributed by atoms with Gasteiger partial charge in [-0.25, -0.2) is 14.9 Å². The fourth-order valence-electron chi connectivity index (χ4n) is 2.44. The molecule has 0 bridgehead atoms. The number of hydrogen-bond acceptors (Lipinski definition) is 8. The van der Waals surface area contributed by atoms with Crippen LogP contribution in [0.15, 0.2) is 45.1 Å². The molecular weight excluding hydrogens is 386 g/mol. The number of amides is 2. The summed E-state index contributed by atoms with van der Waals surface area (Å²) < 4.78 is 5.51. The molecule has 11 heteroatoms. The molecule has 10 nitrogen and oxygen atoms in total. The Labute approximate surface area is 162 Å². The summed E-state index contributed by atoms with van der Waals surface area (Å²) in [7, 11) is 1.19. The van der Waals surface area contributed by atoms with Crippen LogP contribution >= 0.6 is 11.8 Å². The second-order valence-electron chi connectivity index (χ2n) is 5.63. The number of benzene rings is 1. The third kappa shape index (κ3) is 4.09. The van der Waals surface area contributed by atoms with Gasteiger partial charge in [0.05, 0.1) is 23.1 Å². The van der Waals surface area contributed by atoms with Crippen LogP contribution in [-0.2, 0) is 25.7 Å². The second-order valence-corrected chi connectivity index (χ2v) is 6.66. The summed E-state index contributed by atoms with van der Waals surface area (Å²) in [5.74, 6) is -1.82. The maximum absolute atomic E-state index is 12.5. The Bertz CT molecular complexity index is 1100. The van der Waals surface area contributed by atoms with E-state index in [0.29, 0.717) is 11.1 Å². The van der Waals surface area contributed by atoms with Gasteiger partial charge < -0.3 is 4.74 Å². The van der Waals surface area contributed by atoms with E-state index in [0.717, 1.165) is 27.9 Å². The molecule has 1 aromatic heterocycles. The quantitative estimate of drug-likeness (QED) is 0.419. The molecule has 0 saturated carbocycles. The van der Waals surface area contributed by atoms with Crippen LogP contribution in [0.25, 0.3) is 10.8 Å². The normalized spacial score (nSPS) is 16.4. The molecule has 144 valence electrons. The second kappa shape index (κ2) is 8.05. The SMILES string of the molecule is COC(=O)/C=C1\S/C(=N/NC(=O)Cn2nc(C)c3ccccc3c2=O)NC1=O. The predicted octanol–water partition coefficient (Wildman–Crippen LogP) is 0.0120. The number of hydrogen-bond donors (Lipinski definition) is 2. The minimum absolute atomic E-state index is 0.0860. The number of aromatic nitrogens is 2. The summed E-state index contributed by atoms with van der Waals surface area (Å²) in [5, 5.41) is 11.6. The van der Waals surface area contributed by atoms with Crippen molar-refractivity contribution in [2.45, 2.75) is 13.5 Å². The van der Waals surface area contributed by atoms with E-state index in [9.17, 15) is 19.2 Å². The lowest BCUT2D eigenvalue weighted by Gasteiger charge is -2.07. The molecule has 1 aromatic carbocycles. The molecular formula is C17H15N5O5S. The Balaban J connectivity index is 1.71. The van der Waals surface area contributed by atoms with Gasteiger partial charge in [0.15, 0.2) is 5.17 Å². The Kier molecular flexibility index (Phi) is 5.54. The maximum Gasteiger partial charge on any atom is 0.331 e. The van der Waals surface area contributed by atoms with Gasteiger partial charge in [0.1, 0.15) is 6.54 Å². The minimum Gasteiger partial charge on any atom is -0.466 e. The van der Waals surface area contributed by atoms with Crippen molar-refractivity contribution in [3.63, 3.8) is 0 Å². The number of carbonyl (C=O) groups excluding carboxylic acids is 3. The molecule has 2 amide bonds. The highest BCUT2D eigenvalue weighted by molar-refractivity contribution is 8.18. The molecule has 0 radical (unpaired) electrons. The van der Waals surface area contributed by atoms with Gasteiger partial charge in [-0.05, 0) is 24.8 Å². The van der Waals surface area contributed by atoms with E-state index >= 15 is 0 Å². The molecule has 1 aliphatic heterocycles. The first-order chi connectivity index (χ1) is 13.4. The van der Waals surface area contributed by atoms with E-state index in [1.54, 1.807) is 31.2 Å². The largest absolute Gasteiger partial charge is 0.466 e. The minimum atomic E-state index is -0.681. The smallest absolute Gasteiger partial charge is 0.331 e. The van der Waals surface area contributed by atoms with Gasteiger partial charge >= 0.3 is 5.97 Å². The number of aryl methyl sites for hydroxylation is 1. The fraction of sp³-hybridized carbons (Fsp3) is 0.176. The topological polar surface area (TPSA) is 132 Å². The van der Waals surface area contributed by atoms with Gasteiger partial charge in [-0.1, -0.05) is 18.2 Å². The van der Waals surface area contributed by atoms with Crippen molar-refractivity contribution in [3.05, 3.63) is 51.3 Å². The van der Waals surface area contributed by atoms with E-state index in [-0.39, 0.29) is 16.6 Å². The monoisotopic (exact) mass is 401 g/mol. The lowest BCUT2D eigenvalue weighted by Crippen LogP contribution is -2.33. The third-order valence-corrected chi connectivity index (χ3v) is 4.64. The molecule has 1 aliphatic rings. The molecule has 28 heavy (non-hydrogen) atoms. The Hall–Kier alpha value is -3.47. The summed E-state index contributed by atoms with van der Waals surface area (Å²) in [6.45, 7) is 1.40. The summed E-state index contributed by atoms with van der Waals surface area (Å²) >= 11 is 0.869. The number of nitrogens with zero attached hydrogens (tertiary/aromatic N) is 3. The lowest BCUT2D eigenvalue weighted by atomic mass is 10.1. The van der Waals surface area contributed by atoms with Gasteiger partial charge in [0.2, 0.25) is 0 Å². The van der Waals surface area contributed by atoms with Crippen molar-refractivity contribution in [1.29, 1.82) is 0 Å². The average Bonchev–Trinajstić information content (AvgIpc) is 3.03. The standard InChI is InChI=1S/C17H15N5O5S/c1-9-10-5-3-4-6-11(10)16(26)22(21-9)8-13(23)19-20-17-18-15(25)12(28-17)7-14(24)27-2/h3-7H,8H2,1-2H3,(H,19,23)(H,18,20,25)/b12-7-. The van der Waals surface area contributed by atoms with Crippen LogP contribution in [0.3, 0.4) is 0 Å². The summed E-state index contributed by atoms with van der Waals surface area (Å²) in [5.41, 5.74) is 2.47. The average molecular weight is 401 g/mol. The highest BCUT2D eigenvalue weighted by atomic mass is 32.2. The van der Waals surface area contributed by atoms with E-state index < -0.39 is 23.3 Å². The number of carbonyl (C=O) groups is 3. The molecule has 0 spiro atoms. The van der Waals surface area contributed by atoms with Crippen LogP contribution in [0.1, 0.15) is 5.69 Å². The van der Waals surface area contributed by atoms with Crippen molar-refractivity contribution in [3.8, 4) is 0 Å². The van der Waals surface area contributed by atoms with Crippen LogP contribution in [0, 0.1) is 6.92 Å². The van der Waals surface area contributed by atoms with Crippen molar-refractivity contribution >= 4 is 45.5 Å². The van der Waals surface area contributed by atoms with Crippen molar-refractivity contribution in [1.82, 2.24) is 20.5 Å². The van der Waals surface area contributed by atoms with Gasteiger partial charge in [0, 0.05) is 11.5 Å². The molecule has 2 aromatic rings. The van der Waals surface area contributed by atoms with Crippen molar-refractivity contribution < 1.29 is 19.1 Å². The number of fused-ring (bicyclic) bond motifs is 1. The van der Waals surface area contributed by atoms with E-state index in [1.807, 2.05) is 0 Å². The first-order valence-electron chi connectivity index (χ1n) is 8.01. The van der Waals surface area contributed by atoms with Crippen LogP contribution in [0.5, 0.6) is 0 Å². The highest BCUT2D eigenvalue weighted by Gasteiger charge is 2.25. The van der Waals surface area contributed by atoms with Crippen LogP contribution < -0.4 is 16.3 Å². The Morgan fingerprint density at radius 3 is 2.75 bits per heavy atom. The highest BCUT2D eigenvalue weighted by Crippen LogP contribution is 2.22. The summed E-state index contributed by atoms with van der Waals surface area (Å²) in [6, 6.07) is 6.99. The van der Waals surface area contributed by atoms with Crippen LogP contribution in [-0.4, -0.2) is 39.8 Å². The van der Waals surface area contributed by atoms with Gasteiger partial charge in [-0.15, -0.1) is 5.10 Å². The van der Waals surface area contributed by atoms with Crippen LogP contribution in [0.2, 0.25) is 0 Å². The lowest BCUT2D eigenvalue weighted by molar-refractivity contribution is -0.135. The van der Waals surface area contributed by atoms with E-state index in [2.05, 4.69) is 25.7 Å². The molecule has 0 unspecified atom stereocenters. The van der Waals surface area contributed by atoms with Gasteiger partial charge in [0.25, 0.3) is 17.4 Å². The van der Waals surface area contributed by atoms with E-state index in [4.69, 9.17) is 0 Å². The molecule has 2 heterocycles. The third-order valence-electron chi connectivity index (χ3n) is 3.73. The van der Waals surface area contributed by atoms with Crippen molar-refractivity contribution in [2.24, 2.45) is 5.10 Å². The zero-order valence-electron chi connectivity index (χ0n) is 14.9. The number of hydrazone groups is 1. The Morgan fingerprint density at radius 1 is 1.32 bits per heavy atom. The fourth-order valence-corrected chi connectivity index (χ4v) is 3.18. The van der Waals surface area contributed by atoms with Gasteiger partial charge in [-0.3, -0.25) is 19.7 Å². The maximum atomic E-state index is 12.5. The Morgan fingerprint density at radius 2 is 2.04 bits per heavy atom. The number of esters is 1. The molecule has 1 fully saturated rings. The number of amidine groups is 1. The molecule has 2 N–H and O–H groups in total. The molecule has 0 aliphatic carbocycles. The van der Waals surface area contributed by atoms with Crippen molar-refractivity contribution in [2.75, 3.05) is 7.11 Å². The number of ether oxygens (including phenoxy) is 1. The first-order valence-corrected chi connectivity index (χ1v) is 8.82. The predicted molar refractivity (Wildman–Crippen MR) is 102 cm³/mol. The molecule has 1 saturated heterocycles. The van der Waals surface area contributed by atoms with Crippen LogP contribution in [0.4, 0.5) is 0 Å². The number of nitrogens with one attached hydrogen (secondary N) is 2. The summed E-state index contributed by atoms with van der Waals surface area (Å²) in [6.07, 6.45) is 1.02. The number of methoxy groups -OCH3 is 1.